The highest BCUT2D eigenvalue weighted by Gasteiger charge is 2.38. The van der Waals surface area contributed by atoms with E-state index < -0.39 is 0 Å². The van der Waals surface area contributed by atoms with Crippen LogP contribution in [0.4, 0.5) is 0 Å². The summed E-state index contributed by atoms with van der Waals surface area (Å²) in [5, 5.41) is 8.56. The van der Waals surface area contributed by atoms with E-state index >= 15 is 0 Å². The van der Waals surface area contributed by atoms with Crippen molar-refractivity contribution in [3.8, 4) is 0 Å². The second kappa shape index (κ2) is 4.41. The Labute approximate surface area is 103 Å². The van der Waals surface area contributed by atoms with E-state index in [2.05, 4.69) is 14.8 Å². The first-order valence-electron chi connectivity index (χ1n) is 6.96. The maximum atomic E-state index is 6.11. The van der Waals surface area contributed by atoms with Crippen LogP contribution in [0, 0.1) is 0 Å². The first kappa shape index (κ1) is 11.2. The lowest BCUT2D eigenvalue weighted by atomic mass is 9.79. The third-order valence-corrected chi connectivity index (χ3v) is 4.44. The van der Waals surface area contributed by atoms with Crippen molar-refractivity contribution in [1.82, 2.24) is 14.8 Å². The van der Waals surface area contributed by atoms with Gasteiger partial charge in [0.05, 0.1) is 0 Å². The fourth-order valence-corrected chi connectivity index (χ4v) is 3.17. The molecule has 1 aromatic heterocycles. The van der Waals surface area contributed by atoms with Gasteiger partial charge in [0.25, 0.3) is 0 Å². The normalized spacial score (nSPS) is 24.5. The zero-order valence-electron chi connectivity index (χ0n) is 10.4. The number of nitrogens with two attached hydrogens (primary N) is 1. The minimum absolute atomic E-state index is 0.107. The van der Waals surface area contributed by atoms with Crippen molar-refractivity contribution in [2.24, 2.45) is 5.73 Å². The third-order valence-electron chi connectivity index (χ3n) is 4.44. The zero-order chi connectivity index (χ0) is 11.7. The van der Waals surface area contributed by atoms with E-state index in [1.165, 1.54) is 57.2 Å². The Bertz CT molecular complexity index is 373. The molecule has 3 rings (SSSR count). The van der Waals surface area contributed by atoms with Gasteiger partial charge in [0, 0.05) is 18.0 Å². The molecule has 94 valence electrons. The molecule has 4 nitrogen and oxygen atoms in total. The Hall–Kier alpha value is -0.900. The molecule has 2 N–H and O–H groups in total. The van der Waals surface area contributed by atoms with E-state index in [-0.39, 0.29) is 5.41 Å². The molecule has 2 aliphatic carbocycles. The molecule has 0 amide bonds. The van der Waals surface area contributed by atoms with Gasteiger partial charge in [0.15, 0.2) is 0 Å². The molecule has 0 aromatic carbocycles. The molecule has 0 bridgehead atoms. The smallest absolute Gasteiger partial charge is 0.140 e. The van der Waals surface area contributed by atoms with Gasteiger partial charge < -0.3 is 10.3 Å². The summed E-state index contributed by atoms with van der Waals surface area (Å²) in [6.07, 6.45) is 12.1. The lowest BCUT2D eigenvalue weighted by Gasteiger charge is -2.30. The topological polar surface area (TPSA) is 56.7 Å². The van der Waals surface area contributed by atoms with E-state index in [0.717, 1.165) is 6.54 Å². The standard InChI is InChI=1S/C13H22N4/c14-9-13(7-3-1-2-4-8-13)12-16-15-10-17(12)11-5-6-11/h10-11H,1-9,14H2. The molecule has 17 heavy (non-hydrogen) atoms. The van der Waals surface area contributed by atoms with Crippen LogP contribution in [0.2, 0.25) is 0 Å². The van der Waals surface area contributed by atoms with Gasteiger partial charge in [0.1, 0.15) is 12.2 Å². The van der Waals surface area contributed by atoms with E-state index in [1.807, 2.05) is 6.33 Å². The van der Waals surface area contributed by atoms with Gasteiger partial charge in [-0.2, -0.15) is 0 Å². The lowest BCUT2D eigenvalue weighted by molar-refractivity contribution is 0.343. The second-order valence-corrected chi connectivity index (χ2v) is 5.69. The van der Waals surface area contributed by atoms with Gasteiger partial charge in [-0.05, 0) is 25.7 Å². The molecule has 0 radical (unpaired) electrons. The van der Waals surface area contributed by atoms with Crippen LogP contribution in [-0.2, 0) is 5.41 Å². The Morgan fingerprint density at radius 1 is 1.24 bits per heavy atom. The van der Waals surface area contributed by atoms with Crippen molar-refractivity contribution in [2.75, 3.05) is 6.54 Å². The maximum absolute atomic E-state index is 6.11. The van der Waals surface area contributed by atoms with Crippen LogP contribution < -0.4 is 5.73 Å². The van der Waals surface area contributed by atoms with Crippen LogP contribution in [0.25, 0.3) is 0 Å². The van der Waals surface area contributed by atoms with Crippen molar-refractivity contribution >= 4 is 0 Å². The Morgan fingerprint density at radius 2 is 1.94 bits per heavy atom. The fraction of sp³-hybridized carbons (Fsp3) is 0.846. The summed E-state index contributed by atoms with van der Waals surface area (Å²) in [5.74, 6) is 1.17. The maximum Gasteiger partial charge on any atom is 0.140 e. The average Bonchev–Trinajstić information content (AvgIpc) is 3.13. The van der Waals surface area contributed by atoms with Gasteiger partial charge in [-0.15, -0.1) is 10.2 Å². The first-order chi connectivity index (χ1) is 8.36. The Kier molecular flexibility index (Phi) is 2.90. The van der Waals surface area contributed by atoms with Crippen LogP contribution in [0.1, 0.15) is 63.2 Å². The van der Waals surface area contributed by atoms with Crippen molar-refractivity contribution in [1.29, 1.82) is 0 Å². The van der Waals surface area contributed by atoms with Crippen LogP contribution >= 0.6 is 0 Å². The molecule has 1 aromatic rings. The molecule has 2 fully saturated rings. The van der Waals surface area contributed by atoms with Gasteiger partial charge >= 0.3 is 0 Å². The van der Waals surface area contributed by atoms with Crippen LogP contribution in [0.5, 0.6) is 0 Å². The first-order valence-corrected chi connectivity index (χ1v) is 6.96. The predicted octanol–water partition coefficient (Wildman–Crippen LogP) is 2.16. The van der Waals surface area contributed by atoms with E-state index in [1.54, 1.807) is 0 Å². The summed E-state index contributed by atoms with van der Waals surface area (Å²) < 4.78 is 2.30. The molecule has 2 aliphatic rings. The summed E-state index contributed by atoms with van der Waals surface area (Å²) in [5.41, 5.74) is 6.21. The molecule has 1 heterocycles. The molecule has 0 spiro atoms. The molecule has 0 atom stereocenters. The fourth-order valence-electron chi connectivity index (χ4n) is 3.17. The summed E-state index contributed by atoms with van der Waals surface area (Å²) in [6, 6.07) is 0.659. The molecule has 2 saturated carbocycles. The average molecular weight is 234 g/mol. The Morgan fingerprint density at radius 3 is 2.53 bits per heavy atom. The minimum atomic E-state index is 0.107. The number of hydrogen-bond donors (Lipinski definition) is 1. The SMILES string of the molecule is NCC1(c2nncn2C2CC2)CCCCCC1. The summed E-state index contributed by atoms with van der Waals surface area (Å²) in [6.45, 7) is 0.721. The van der Waals surface area contributed by atoms with Crippen molar-refractivity contribution in [2.45, 2.75) is 62.8 Å². The van der Waals surface area contributed by atoms with Crippen LogP contribution in [0.3, 0.4) is 0 Å². The van der Waals surface area contributed by atoms with Crippen LogP contribution in [0.15, 0.2) is 6.33 Å². The van der Waals surface area contributed by atoms with Gasteiger partial charge in [-0.1, -0.05) is 25.7 Å². The van der Waals surface area contributed by atoms with Gasteiger partial charge in [-0.3, -0.25) is 0 Å². The highest BCUT2D eigenvalue weighted by Crippen LogP contribution is 2.42. The number of aromatic nitrogens is 3. The van der Waals surface area contributed by atoms with E-state index in [9.17, 15) is 0 Å². The highest BCUT2D eigenvalue weighted by atomic mass is 15.3. The summed E-state index contributed by atoms with van der Waals surface area (Å²) in [4.78, 5) is 0. The monoisotopic (exact) mass is 234 g/mol. The van der Waals surface area contributed by atoms with Crippen molar-refractivity contribution < 1.29 is 0 Å². The second-order valence-electron chi connectivity index (χ2n) is 5.69. The molecule has 4 heteroatoms. The highest BCUT2D eigenvalue weighted by molar-refractivity contribution is 5.12. The zero-order valence-corrected chi connectivity index (χ0v) is 10.4. The molecule has 0 saturated heterocycles. The molecule has 0 unspecified atom stereocenters. The molecular weight excluding hydrogens is 212 g/mol. The largest absolute Gasteiger partial charge is 0.329 e. The van der Waals surface area contributed by atoms with E-state index in [0.29, 0.717) is 6.04 Å². The minimum Gasteiger partial charge on any atom is -0.329 e. The lowest BCUT2D eigenvalue weighted by Crippen LogP contribution is -2.37. The van der Waals surface area contributed by atoms with E-state index in [4.69, 9.17) is 5.73 Å². The van der Waals surface area contributed by atoms with Gasteiger partial charge in [-0.25, -0.2) is 0 Å². The number of nitrogens with zero attached hydrogens (tertiary/aromatic N) is 3. The summed E-state index contributed by atoms with van der Waals surface area (Å²) >= 11 is 0. The Balaban J connectivity index is 1.93. The molecule has 0 aliphatic heterocycles. The van der Waals surface area contributed by atoms with Crippen LogP contribution in [-0.4, -0.2) is 21.3 Å². The number of rotatable bonds is 3. The predicted molar refractivity (Wildman–Crippen MR) is 66.7 cm³/mol. The number of hydrogen-bond acceptors (Lipinski definition) is 3. The molecular formula is C13H22N4. The quantitative estimate of drug-likeness (QED) is 0.815. The van der Waals surface area contributed by atoms with Crippen molar-refractivity contribution in [3.05, 3.63) is 12.2 Å². The third kappa shape index (κ3) is 1.99. The van der Waals surface area contributed by atoms with Gasteiger partial charge in [0.2, 0.25) is 0 Å². The summed E-state index contributed by atoms with van der Waals surface area (Å²) in [7, 11) is 0. The van der Waals surface area contributed by atoms with Crippen molar-refractivity contribution in [3.63, 3.8) is 0 Å².